The molecule has 0 bridgehead atoms. The first kappa shape index (κ1) is 16.0. The summed E-state index contributed by atoms with van der Waals surface area (Å²) in [7, 11) is 0. The maximum absolute atomic E-state index is 12.8. The SMILES string of the molecule is CCc1c(C(=O)N2CCCC(N)C2)nnn1-c1cccc(Cl)c1. The average Bonchev–Trinajstić information content (AvgIpc) is 2.98. The lowest BCUT2D eigenvalue weighted by Crippen LogP contribution is -2.46. The molecule has 3 rings (SSSR count). The van der Waals surface area contributed by atoms with E-state index in [9.17, 15) is 4.79 Å². The van der Waals surface area contributed by atoms with Crippen LogP contribution in [0.1, 0.15) is 35.9 Å². The van der Waals surface area contributed by atoms with Gasteiger partial charge < -0.3 is 10.6 Å². The van der Waals surface area contributed by atoms with Gasteiger partial charge in [0.15, 0.2) is 5.69 Å². The minimum Gasteiger partial charge on any atom is -0.336 e. The number of hydrogen-bond acceptors (Lipinski definition) is 4. The zero-order valence-corrected chi connectivity index (χ0v) is 13.8. The number of aromatic nitrogens is 3. The number of rotatable bonds is 3. The van der Waals surface area contributed by atoms with Crippen LogP contribution in [-0.4, -0.2) is 44.9 Å². The summed E-state index contributed by atoms with van der Waals surface area (Å²) in [4.78, 5) is 14.5. The maximum atomic E-state index is 12.8. The second-order valence-corrected chi connectivity index (χ2v) is 6.22. The molecule has 1 amide bonds. The molecule has 1 aromatic heterocycles. The molecule has 2 N–H and O–H groups in total. The third kappa shape index (κ3) is 3.23. The Morgan fingerprint density at radius 2 is 2.30 bits per heavy atom. The summed E-state index contributed by atoms with van der Waals surface area (Å²) in [5.74, 6) is -0.0923. The summed E-state index contributed by atoms with van der Waals surface area (Å²) < 4.78 is 1.68. The molecule has 1 fully saturated rings. The first-order chi connectivity index (χ1) is 11.1. The summed E-state index contributed by atoms with van der Waals surface area (Å²) in [5, 5.41) is 8.91. The average molecular weight is 334 g/mol. The highest BCUT2D eigenvalue weighted by atomic mass is 35.5. The Kier molecular flexibility index (Phi) is 4.63. The van der Waals surface area contributed by atoms with E-state index in [4.69, 9.17) is 17.3 Å². The van der Waals surface area contributed by atoms with Crippen molar-refractivity contribution in [3.63, 3.8) is 0 Å². The van der Waals surface area contributed by atoms with Crippen LogP contribution in [0.15, 0.2) is 24.3 Å². The first-order valence-corrected chi connectivity index (χ1v) is 8.23. The second kappa shape index (κ2) is 6.68. The standard InChI is InChI=1S/C16H20ClN5O/c1-2-14-15(16(23)21-8-4-6-12(18)10-21)19-20-22(14)13-7-3-5-11(17)9-13/h3,5,7,9,12H,2,4,6,8,10,18H2,1H3. The molecule has 23 heavy (non-hydrogen) atoms. The normalized spacial score (nSPS) is 18.2. The van der Waals surface area contributed by atoms with Crippen LogP contribution in [0.3, 0.4) is 0 Å². The van der Waals surface area contributed by atoms with Crippen LogP contribution < -0.4 is 5.73 Å². The third-order valence-corrected chi connectivity index (χ3v) is 4.33. The molecule has 1 aromatic carbocycles. The van der Waals surface area contributed by atoms with E-state index in [1.165, 1.54) is 0 Å². The molecule has 1 saturated heterocycles. The summed E-state index contributed by atoms with van der Waals surface area (Å²) in [5.41, 5.74) is 7.97. The Hall–Kier alpha value is -1.92. The van der Waals surface area contributed by atoms with Crippen molar-refractivity contribution in [2.24, 2.45) is 5.73 Å². The number of amides is 1. The largest absolute Gasteiger partial charge is 0.336 e. The van der Waals surface area contributed by atoms with Gasteiger partial charge in [-0.3, -0.25) is 4.79 Å². The Balaban J connectivity index is 1.93. The molecule has 1 aliphatic heterocycles. The van der Waals surface area contributed by atoms with Gasteiger partial charge in [0, 0.05) is 24.2 Å². The van der Waals surface area contributed by atoms with Crippen molar-refractivity contribution < 1.29 is 4.79 Å². The molecule has 7 heteroatoms. The van der Waals surface area contributed by atoms with Gasteiger partial charge in [0.05, 0.1) is 11.4 Å². The van der Waals surface area contributed by atoms with Crippen LogP contribution in [0.25, 0.3) is 5.69 Å². The third-order valence-electron chi connectivity index (χ3n) is 4.10. The van der Waals surface area contributed by atoms with Crippen LogP contribution >= 0.6 is 11.6 Å². The molecular formula is C16H20ClN5O. The van der Waals surface area contributed by atoms with Crippen LogP contribution in [0.2, 0.25) is 5.02 Å². The van der Waals surface area contributed by atoms with E-state index in [0.29, 0.717) is 23.7 Å². The topological polar surface area (TPSA) is 77.0 Å². The predicted octanol–water partition coefficient (Wildman–Crippen LogP) is 2.05. The van der Waals surface area contributed by atoms with Crippen molar-refractivity contribution in [2.75, 3.05) is 13.1 Å². The number of nitrogens with zero attached hydrogens (tertiary/aromatic N) is 4. The first-order valence-electron chi connectivity index (χ1n) is 7.85. The number of piperidine rings is 1. The van der Waals surface area contributed by atoms with Gasteiger partial charge in [-0.2, -0.15) is 0 Å². The molecule has 6 nitrogen and oxygen atoms in total. The van der Waals surface area contributed by atoms with Crippen LogP contribution in [-0.2, 0) is 6.42 Å². The van der Waals surface area contributed by atoms with Gasteiger partial charge in [-0.15, -0.1) is 5.10 Å². The predicted molar refractivity (Wildman–Crippen MR) is 88.9 cm³/mol. The summed E-state index contributed by atoms with van der Waals surface area (Å²) in [6.07, 6.45) is 2.54. The number of benzene rings is 1. The van der Waals surface area contributed by atoms with E-state index < -0.39 is 0 Å². The maximum Gasteiger partial charge on any atom is 0.276 e. The van der Waals surface area contributed by atoms with Gasteiger partial charge in [-0.1, -0.05) is 29.8 Å². The van der Waals surface area contributed by atoms with E-state index in [2.05, 4.69) is 10.3 Å². The van der Waals surface area contributed by atoms with Crippen molar-refractivity contribution >= 4 is 17.5 Å². The Morgan fingerprint density at radius 3 is 3.00 bits per heavy atom. The lowest BCUT2D eigenvalue weighted by atomic mass is 10.1. The summed E-state index contributed by atoms with van der Waals surface area (Å²) >= 11 is 6.05. The fourth-order valence-electron chi connectivity index (χ4n) is 2.94. The minimum atomic E-state index is -0.0923. The van der Waals surface area contributed by atoms with Gasteiger partial charge >= 0.3 is 0 Å². The van der Waals surface area contributed by atoms with E-state index >= 15 is 0 Å². The van der Waals surface area contributed by atoms with Crippen molar-refractivity contribution in [1.82, 2.24) is 19.9 Å². The van der Waals surface area contributed by atoms with Crippen molar-refractivity contribution in [3.8, 4) is 5.69 Å². The molecule has 2 aromatic rings. The van der Waals surface area contributed by atoms with E-state index in [1.54, 1.807) is 21.7 Å². The van der Waals surface area contributed by atoms with Gasteiger partial charge in [0.1, 0.15) is 0 Å². The number of carbonyl (C=O) groups is 1. The number of nitrogens with two attached hydrogens (primary N) is 1. The summed E-state index contributed by atoms with van der Waals surface area (Å²) in [6, 6.07) is 7.39. The monoisotopic (exact) mass is 333 g/mol. The zero-order chi connectivity index (χ0) is 16.4. The van der Waals surface area contributed by atoms with Crippen LogP contribution in [0.5, 0.6) is 0 Å². The number of hydrogen-bond donors (Lipinski definition) is 1. The number of halogens is 1. The molecule has 0 radical (unpaired) electrons. The summed E-state index contributed by atoms with van der Waals surface area (Å²) in [6.45, 7) is 3.28. The van der Waals surface area contributed by atoms with Gasteiger partial charge in [-0.25, -0.2) is 4.68 Å². The highest BCUT2D eigenvalue weighted by Gasteiger charge is 2.27. The lowest BCUT2D eigenvalue weighted by molar-refractivity contribution is 0.0701. The van der Waals surface area contributed by atoms with Gasteiger partial charge in [0.25, 0.3) is 5.91 Å². The minimum absolute atomic E-state index is 0.0424. The number of likely N-dealkylation sites (tertiary alicyclic amines) is 1. The van der Waals surface area contributed by atoms with Crippen molar-refractivity contribution in [2.45, 2.75) is 32.2 Å². The lowest BCUT2D eigenvalue weighted by Gasteiger charge is -2.30. The van der Waals surface area contributed by atoms with E-state index in [-0.39, 0.29) is 11.9 Å². The highest BCUT2D eigenvalue weighted by molar-refractivity contribution is 6.30. The smallest absolute Gasteiger partial charge is 0.276 e. The second-order valence-electron chi connectivity index (χ2n) is 5.78. The molecule has 122 valence electrons. The van der Waals surface area contributed by atoms with E-state index in [1.807, 2.05) is 19.1 Å². The Labute approximate surface area is 140 Å². The van der Waals surface area contributed by atoms with Crippen molar-refractivity contribution in [1.29, 1.82) is 0 Å². The molecule has 0 saturated carbocycles. The zero-order valence-electron chi connectivity index (χ0n) is 13.1. The molecule has 1 unspecified atom stereocenters. The molecular weight excluding hydrogens is 314 g/mol. The Morgan fingerprint density at radius 1 is 1.48 bits per heavy atom. The van der Waals surface area contributed by atoms with Gasteiger partial charge in [-0.05, 0) is 37.5 Å². The quantitative estimate of drug-likeness (QED) is 0.932. The molecule has 1 aliphatic rings. The van der Waals surface area contributed by atoms with E-state index in [0.717, 1.165) is 30.8 Å². The van der Waals surface area contributed by atoms with Gasteiger partial charge in [0.2, 0.25) is 0 Å². The van der Waals surface area contributed by atoms with Crippen LogP contribution in [0, 0.1) is 0 Å². The molecule has 2 heterocycles. The molecule has 0 spiro atoms. The fraction of sp³-hybridized carbons (Fsp3) is 0.438. The molecule has 0 aliphatic carbocycles. The van der Waals surface area contributed by atoms with Crippen molar-refractivity contribution in [3.05, 3.63) is 40.7 Å². The highest BCUT2D eigenvalue weighted by Crippen LogP contribution is 2.20. The molecule has 1 atom stereocenters. The van der Waals surface area contributed by atoms with Crippen LogP contribution in [0.4, 0.5) is 0 Å². The Bertz CT molecular complexity index is 714. The number of carbonyl (C=O) groups excluding carboxylic acids is 1. The fourth-order valence-corrected chi connectivity index (χ4v) is 3.13.